The van der Waals surface area contributed by atoms with Gasteiger partial charge in [-0.25, -0.2) is 14.0 Å². The Bertz CT molecular complexity index is 1180. The summed E-state index contributed by atoms with van der Waals surface area (Å²) in [5.41, 5.74) is 1.28. The highest BCUT2D eigenvalue weighted by Gasteiger charge is 2.26. The molecule has 3 rings (SSSR count). The van der Waals surface area contributed by atoms with E-state index in [1.807, 2.05) is 0 Å². The monoisotopic (exact) mass is 474 g/mol. The van der Waals surface area contributed by atoms with Gasteiger partial charge in [0, 0.05) is 17.3 Å². The molecule has 1 atom stereocenters. The molecule has 0 aliphatic carbocycles. The summed E-state index contributed by atoms with van der Waals surface area (Å²) < 4.78 is 18.9. The summed E-state index contributed by atoms with van der Waals surface area (Å²) in [6.07, 6.45) is 0. The van der Waals surface area contributed by atoms with E-state index in [9.17, 15) is 23.9 Å². The van der Waals surface area contributed by atoms with Crippen LogP contribution in [0.25, 0.3) is 11.3 Å². The number of anilines is 2. The first kappa shape index (κ1) is 23.7. The van der Waals surface area contributed by atoms with Crippen LogP contribution in [-0.2, 0) is 4.79 Å². The number of aromatic nitrogens is 1. The predicted molar refractivity (Wildman–Crippen MR) is 120 cm³/mol. The fraction of sp³-hybridized carbons (Fsp3) is 0.182. The zero-order valence-corrected chi connectivity index (χ0v) is 18.3. The number of amides is 3. The van der Waals surface area contributed by atoms with Gasteiger partial charge in [0.25, 0.3) is 5.91 Å². The molecular formula is C22H20ClFN4O5. The Hall–Kier alpha value is -3.92. The lowest BCUT2D eigenvalue weighted by Gasteiger charge is -2.16. The third-order valence-corrected chi connectivity index (χ3v) is 4.88. The molecule has 1 unspecified atom stereocenters. The number of urea groups is 1. The highest BCUT2D eigenvalue weighted by Crippen LogP contribution is 2.24. The number of halogens is 2. The molecule has 0 fully saturated rings. The van der Waals surface area contributed by atoms with Crippen LogP contribution < -0.4 is 16.0 Å². The Morgan fingerprint density at radius 3 is 2.42 bits per heavy atom. The molecule has 0 saturated carbocycles. The summed E-state index contributed by atoms with van der Waals surface area (Å²) >= 11 is 5.70. The Morgan fingerprint density at radius 1 is 1.09 bits per heavy atom. The molecule has 3 aromatic rings. The largest absolute Gasteiger partial charge is 0.480 e. The molecule has 0 bridgehead atoms. The van der Waals surface area contributed by atoms with Crippen LogP contribution in [0.15, 0.2) is 53.1 Å². The number of nitrogens with zero attached hydrogens (tertiary/aromatic N) is 1. The van der Waals surface area contributed by atoms with Gasteiger partial charge in [0.1, 0.15) is 11.7 Å². The molecule has 1 heterocycles. The number of carboxylic acids is 1. The highest BCUT2D eigenvalue weighted by molar-refractivity contribution is 6.31. The van der Waals surface area contributed by atoms with E-state index in [2.05, 4.69) is 21.1 Å². The van der Waals surface area contributed by atoms with Crippen molar-refractivity contribution in [2.45, 2.75) is 19.9 Å². The summed E-state index contributed by atoms with van der Waals surface area (Å²) in [5, 5.41) is 20.2. The lowest BCUT2D eigenvalue weighted by molar-refractivity contribution is -0.140. The van der Waals surface area contributed by atoms with Gasteiger partial charge in [0.05, 0.1) is 10.7 Å². The van der Waals surface area contributed by atoms with E-state index >= 15 is 0 Å². The van der Waals surface area contributed by atoms with Crippen molar-refractivity contribution in [1.82, 2.24) is 10.5 Å². The van der Waals surface area contributed by atoms with Crippen molar-refractivity contribution in [3.63, 3.8) is 0 Å². The summed E-state index contributed by atoms with van der Waals surface area (Å²) in [7, 11) is 0. The molecule has 9 nitrogen and oxygen atoms in total. The maximum atomic E-state index is 13.9. The zero-order chi connectivity index (χ0) is 24.1. The average Bonchev–Trinajstić information content (AvgIpc) is 3.25. The minimum atomic E-state index is -1.15. The van der Waals surface area contributed by atoms with Crippen LogP contribution in [0.4, 0.5) is 20.6 Å². The van der Waals surface area contributed by atoms with E-state index in [-0.39, 0.29) is 22.4 Å². The molecule has 33 heavy (non-hydrogen) atoms. The average molecular weight is 475 g/mol. The number of aliphatic carboxylic acids is 1. The Balaban J connectivity index is 1.64. The minimum Gasteiger partial charge on any atom is -0.480 e. The molecule has 0 aliphatic heterocycles. The van der Waals surface area contributed by atoms with E-state index < -0.39 is 29.8 Å². The Morgan fingerprint density at radius 2 is 1.79 bits per heavy atom. The molecular weight excluding hydrogens is 455 g/mol. The van der Waals surface area contributed by atoms with Crippen LogP contribution in [0.2, 0.25) is 5.02 Å². The second-order valence-electron chi connectivity index (χ2n) is 7.37. The summed E-state index contributed by atoms with van der Waals surface area (Å²) in [4.78, 5) is 35.7. The van der Waals surface area contributed by atoms with Gasteiger partial charge in [-0.2, -0.15) is 0 Å². The zero-order valence-electron chi connectivity index (χ0n) is 17.6. The molecule has 4 N–H and O–H groups in total. The fourth-order valence-corrected chi connectivity index (χ4v) is 3.03. The molecule has 2 aromatic carbocycles. The number of benzene rings is 2. The van der Waals surface area contributed by atoms with Crippen molar-refractivity contribution in [2.24, 2.45) is 5.92 Å². The molecule has 0 radical (unpaired) electrons. The first-order valence-corrected chi connectivity index (χ1v) is 10.2. The smallest absolute Gasteiger partial charge is 0.326 e. The molecule has 0 saturated heterocycles. The van der Waals surface area contributed by atoms with E-state index in [0.717, 1.165) is 0 Å². The first-order chi connectivity index (χ1) is 15.7. The van der Waals surface area contributed by atoms with Gasteiger partial charge in [-0.1, -0.05) is 48.8 Å². The van der Waals surface area contributed by atoms with Crippen molar-refractivity contribution in [2.75, 3.05) is 10.6 Å². The van der Waals surface area contributed by atoms with Crippen molar-refractivity contribution in [3.05, 3.63) is 65.1 Å². The Kier molecular flexibility index (Phi) is 7.29. The third-order valence-electron chi connectivity index (χ3n) is 4.59. The van der Waals surface area contributed by atoms with E-state index in [1.165, 1.54) is 24.3 Å². The van der Waals surface area contributed by atoms with Crippen LogP contribution in [0.3, 0.4) is 0 Å². The molecule has 0 aliphatic rings. The fourth-order valence-electron chi connectivity index (χ4n) is 2.85. The molecule has 11 heteroatoms. The number of carbonyl (C=O) groups excluding carboxylic acids is 2. The second kappa shape index (κ2) is 10.1. The van der Waals surface area contributed by atoms with Crippen LogP contribution in [0.1, 0.15) is 24.4 Å². The van der Waals surface area contributed by atoms with Crippen LogP contribution in [0, 0.1) is 11.7 Å². The van der Waals surface area contributed by atoms with Gasteiger partial charge in [-0.3, -0.25) is 4.79 Å². The highest BCUT2D eigenvalue weighted by atomic mass is 35.5. The number of carboxylic acid groups (broad SMARTS) is 1. The van der Waals surface area contributed by atoms with Crippen LogP contribution in [-0.4, -0.2) is 34.2 Å². The summed E-state index contributed by atoms with van der Waals surface area (Å²) in [5.74, 6) is -3.04. The van der Waals surface area contributed by atoms with Gasteiger partial charge in [-0.15, -0.1) is 0 Å². The lowest BCUT2D eigenvalue weighted by atomic mass is 10.0. The van der Waals surface area contributed by atoms with Gasteiger partial charge in [0.15, 0.2) is 5.82 Å². The maximum absolute atomic E-state index is 13.9. The van der Waals surface area contributed by atoms with Crippen molar-refractivity contribution in [1.29, 1.82) is 0 Å². The maximum Gasteiger partial charge on any atom is 0.326 e. The van der Waals surface area contributed by atoms with Gasteiger partial charge < -0.3 is 25.6 Å². The van der Waals surface area contributed by atoms with E-state index in [4.69, 9.17) is 16.1 Å². The number of carbonyl (C=O) groups is 3. The Labute approximate surface area is 192 Å². The predicted octanol–water partition coefficient (Wildman–Crippen LogP) is 4.62. The number of hydrogen-bond acceptors (Lipinski definition) is 5. The SMILES string of the molecule is CC(C)C(NC(=O)c1cc(-c2ccc(NC(=O)Nc3cccc(Cl)c3F)cc2)no1)C(=O)O. The molecule has 1 aromatic heterocycles. The summed E-state index contributed by atoms with van der Waals surface area (Å²) in [6.45, 7) is 3.35. The van der Waals surface area contributed by atoms with Gasteiger partial charge >= 0.3 is 12.0 Å². The van der Waals surface area contributed by atoms with Crippen LogP contribution >= 0.6 is 11.6 Å². The normalized spacial score (nSPS) is 11.7. The minimum absolute atomic E-state index is 0.0624. The number of nitrogens with one attached hydrogen (secondary N) is 3. The van der Waals surface area contributed by atoms with Crippen molar-refractivity contribution in [3.8, 4) is 11.3 Å². The number of rotatable bonds is 7. The van der Waals surface area contributed by atoms with Gasteiger partial charge in [-0.05, 0) is 30.2 Å². The van der Waals surface area contributed by atoms with Crippen molar-refractivity contribution >= 4 is 40.9 Å². The molecule has 172 valence electrons. The second-order valence-corrected chi connectivity index (χ2v) is 7.77. The standard InChI is InChI=1S/C22H20ClFN4O5/c1-11(2)19(21(30)31)27-20(29)17-10-16(28-33-17)12-6-8-13(9-7-12)25-22(32)26-15-5-3-4-14(23)18(15)24/h3-11,19H,1-2H3,(H,27,29)(H,30,31)(H2,25,26,32). The summed E-state index contributed by atoms with van der Waals surface area (Å²) in [6, 6.07) is 10.3. The lowest BCUT2D eigenvalue weighted by Crippen LogP contribution is -2.44. The molecule has 0 spiro atoms. The topological polar surface area (TPSA) is 134 Å². The van der Waals surface area contributed by atoms with Crippen molar-refractivity contribution < 1.29 is 28.4 Å². The first-order valence-electron chi connectivity index (χ1n) is 9.78. The molecule has 3 amide bonds. The third kappa shape index (κ3) is 5.86. The number of hydrogen-bond donors (Lipinski definition) is 4. The van der Waals surface area contributed by atoms with Crippen LogP contribution in [0.5, 0.6) is 0 Å². The van der Waals surface area contributed by atoms with E-state index in [1.54, 1.807) is 38.1 Å². The van der Waals surface area contributed by atoms with Gasteiger partial charge in [0.2, 0.25) is 5.76 Å². The quantitative estimate of drug-likeness (QED) is 0.395. The van der Waals surface area contributed by atoms with E-state index in [0.29, 0.717) is 16.9 Å².